The molecule has 1 aromatic rings. The first-order valence-electron chi connectivity index (χ1n) is 5.52. The maximum atomic E-state index is 9.74. The second-order valence-corrected chi connectivity index (χ2v) is 4.58. The lowest BCUT2D eigenvalue weighted by Gasteiger charge is -2.13. The third kappa shape index (κ3) is 2.61. The van der Waals surface area contributed by atoms with Gasteiger partial charge in [0.05, 0.1) is 6.10 Å². The van der Waals surface area contributed by atoms with Gasteiger partial charge in [0.25, 0.3) is 0 Å². The fourth-order valence-corrected chi connectivity index (χ4v) is 1.94. The van der Waals surface area contributed by atoms with E-state index in [4.69, 9.17) is 5.73 Å². The van der Waals surface area contributed by atoms with Crippen LogP contribution in [0.5, 0.6) is 0 Å². The van der Waals surface area contributed by atoms with E-state index in [2.05, 4.69) is 25.3 Å². The number of hydrogen-bond donors (Lipinski definition) is 2. The van der Waals surface area contributed by atoms with Crippen LogP contribution in [-0.2, 0) is 6.54 Å². The van der Waals surface area contributed by atoms with Gasteiger partial charge in [-0.15, -0.1) is 0 Å². The van der Waals surface area contributed by atoms with Gasteiger partial charge in [0.2, 0.25) is 0 Å². The van der Waals surface area contributed by atoms with E-state index in [1.54, 1.807) is 0 Å². The lowest BCUT2D eigenvalue weighted by atomic mass is 10.1. The molecule has 3 N–H and O–H groups in total. The van der Waals surface area contributed by atoms with Crippen LogP contribution in [0.3, 0.4) is 0 Å². The van der Waals surface area contributed by atoms with Crippen molar-refractivity contribution in [1.29, 1.82) is 0 Å². The standard InChI is InChI=1S/C12H22N2O/c1-8(2)7-14-9(3)5-11(10(14)4)12(15)6-13/h5,8,12,15H,6-7,13H2,1-4H3/t12-/m0/s1. The van der Waals surface area contributed by atoms with Gasteiger partial charge in [0, 0.05) is 30.0 Å². The fraction of sp³-hybridized carbons (Fsp3) is 0.667. The molecule has 0 amide bonds. The molecule has 0 bridgehead atoms. The number of aliphatic hydroxyl groups is 1. The van der Waals surface area contributed by atoms with E-state index >= 15 is 0 Å². The zero-order valence-corrected chi connectivity index (χ0v) is 10.1. The van der Waals surface area contributed by atoms with Gasteiger partial charge in [0.15, 0.2) is 0 Å². The molecule has 1 atom stereocenters. The Labute approximate surface area is 91.9 Å². The predicted octanol–water partition coefficient (Wildman–Crippen LogP) is 1.75. The lowest BCUT2D eigenvalue weighted by Crippen LogP contribution is -2.13. The second-order valence-electron chi connectivity index (χ2n) is 4.58. The highest BCUT2D eigenvalue weighted by atomic mass is 16.3. The van der Waals surface area contributed by atoms with Crippen LogP contribution in [0.4, 0.5) is 0 Å². The van der Waals surface area contributed by atoms with Crippen LogP contribution in [0.2, 0.25) is 0 Å². The molecule has 0 saturated carbocycles. The average molecular weight is 210 g/mol. The van der Waals surface area contributed by atoms with E-state index in [0.717, 1.165) is 17.8 Å². The zero-order chi connectivity index (χ0) is 11.6. The van der Waals surface area contributed by atoms with Crippen LogP contribution in [0.25, 0.3) is 0 Å². The Morgan fingerprint density at radius 3 is 2.47 bits per heavy atom. The van der Waals surface area contributed by atoms with Gasteiger partial charge in [-0.3, -0.25) is 0 Å². The Bertz CT molecular complexity index is 329. The smallest absolute Gasteiger partial charge is 0.0929 e. The highest BCUT2D eigenvalue weighted by Gasteiger charge is 2.15. The summed E-state index contributed by atoms with van der Waals surface area (Å²) >= 11 is 0. The Hall–Kier alpha value is -0.800. The van der Waals surface area contributed by atoms with Gasteiger partial charge >= 0.3 is 0 Å². The summed E-state index contributed by atoms with van der Waals surface area (Å²) in [5.41, 5.74) is 8.78. The number of aryl methyl sites for hydroxylation is 1. The Morgan fingerprint density at radius 1 is 1.40 bits per heavy atom. The van der Waals surface area contributed by atoms with E-state index < -0.39 is 6.10 Å². The fourth-order valence-electron chi connectivity index (χ4n) is 1.94. The first-order valence-corrected chi connectivity index (χ1v) is 5.52. The SMILES string of the molecule is Cc1cc([C@@H](O)CN)c(C)n1CC(C)C. The molecule has 0 aliphatic rings. The van der Waals surface area contributed by atoms with Crippen LogP contribution >= 0.6 is 0 Å². The molecule has 3 heteroatoms. The number of nitrogens with two attached hydrogens (primary N) is 1. The van der Waals surface area contributed by atoms with E-state index in [1.165, 1.54) is 5.69 Å². The van der Waals surface area contributed by atoms with Crippen LogP contribution in [0.15, 0.2) is 6.07 Å². The van der Waals surface area contributed by atoms with Crippen molar-refractivity contribution in [2.24, 2.45) is 11.7 Å². The van der Waals surface area contributed by atoms with Crippen molar-refractivity contribution in [3.05, 3.63) is 23.0 Å². The summed E-state index contributed by atoms with van der Waals surface area (Å²) in [6.45, 7) is 9.78. The van der Waals surface area contributed by atoms with Crippen molar-refractivity contribution in [2.75, 3.05) is 6.54 Å². The van der Waals surface area contributed by atoms with Gasteiger partial charge in [-0.25, -0.2) is 0 Å². The van der Waals surface area contributed by atoms with E-state index in [9.17, 15) is 5.11 Å². The summed E-state index contributed by atoms with van der Waals surface area (Å²) in [4.78, 5) is 0. The molecule has 1 rings (SSSR count). The monoisotopic (exact) mass is 210 g/mol. The topological polar surface area (TPSA) is 51.2 Å². The molecular formula is C12H22N2O. The summed E-state index contributed by atoms with van der Waals surface area (Å²) in [6.07, 6.45) is -0.530. The zero-order valence-electron chi connectivity index (χ0n) is 10.1. The summed E-state index contributed by atoms with van der Waals surface area (Å²) in [6, 6.07) is 2.04. The third-order valence-corrected chi connectivity index (χ3v) is 2.74. The summed E-state index contributed by atoms with van der Waals surface area (Å²) < 4.78 is 2.25. The van der Waals surface area contributed by atoms with Crippen LogP contribution in [-0.4, -0.2) is 16.2 Å². The second kappa shape index (κ2) is 4.81. The van der Waals surface area contributed by atoms with Crippen LogP contribution in [0, 0.1) is 19.8 Å². The summed E-state index contributed by atoms with van der Waals surface area (Å²) in [7, 11) is 0. The maximum Gasteiger partial charge on any atom is 0.0929 e. The molecule has 0 radical (unpaired) electrons. The van der Waals surface area contributed by atoms with Gasteiger partial charge in [-0.05, 0) is 25.8 Å². The Morgan fingerprint density at radius 2 is 2.00 bits per heavy atom. The quantitative estimate of drug-likeness (QED) is 0.795. The van der Waals surface area contributed by atoms with Crippen molar-refractivity contribution in [2.45, 2.75) is 40.3 Å². The molecule has 0 saturated heterocycles. The number of aliphatic hydroxyl groups excluding tert-OH is 1. The third-order valence-electron chi connectivity index (χ3n) is 2.74. The minimum absolute atomic E-state index is 0.284. The first kappa shape index (κ1) is 12.3. The number of nitrogens with zero attached hydrogens (tertiary/aromatic N) is 1. The molecular weight excluding hydrogens is 188 g/mol. The molecule has 0 aromatic carbocycles. The van der Waals surface area contributed by atoms with Crippen molar-refractivity contribution in [3.63, 3.8) is 0 Å². The molecule has 0 aliphatic heterocycles. The van der Waals surface area contributed by atoms with Gasteiger partial charge in [0.1, 0.15) is 0 Å². The minimum atomic E-state index is -0.530. The molecule has 0 aliphatic carbocycles. The van der Waals surface area contributed by atoms with Crippen molar-refractivity contribution in [3.8, 4) is 0 Å². The molecule has 86 valence electrons. The van der Waals surface area contributed by atoms with Crippen molar-refractivity contribution in [1.82, 2.24) is 4.57 Å². The average Bonchev–Trinajstić information content (AvgIpc) is 2.44. The molecule has 15 heavy (non-hydrogen) atoms. The Balaban J connectivity index is 3.03. The Kier molecular flexibility index (Phi) is 3.94. The molecule has 0 unspecified atom stereocenters. The number of rotatable bonds is 4. The maximum absolute atomic E-state index is 9.74. The van der Waals surface area contributed by atoms with E-state index in [1.807, 2.05) is 13.0 Å². The lowest BCUT2D eigenvalue weighted by molar-refractivity contribution is 0.186. The van der Waals surface area contributed by atoms with E-state index in [0.29, 0.717) is 5.92 Å². The predicted molar refractivity (Wildman–Crippen MR) is 62.8 cm³/mol. The van der Waals surface area contributed by atoms with Crippen molar-refractivity contribution < 1.29 is 5.11 Å². The van der Waals surface area contributed by atoms with Crippen molar-refractivity contribution >= 4 is 0 Å². The normalized spacial score (nSPS) is 13.5. The van der Waals surface area contributed by atoms with Gasteiger partial charge < -0.3 is 15.4 Å². The molecule has 1 aromatic heterocycles. The molecule has 0 fully saturated rings. The van der Waals surface area contributed by atoms with Gasteiger partial charge in [-0.2, -0.15) is 0 Å². The summed E-state index contributed by atoms with van der Waals surface area (Å²) in [5, 5.41) is 9.74. The number of hydrogen-bond acceptors (Lipinski definition) is 2. The van der Waals surface area contributed by atoms with Crippen LogP contribution in [0.1, 0.15) is 36.9 Å². The number of aromatic nitrogens is 1. The van der Waals surface area contributed by atoms with Gasteiger partial charge in [-0.1, -0.05) is 13.8 Å². The molecule has 0 spiro atoms. The highest BCUT2D eigenvalue weighted by Crippen LogP contribution is 2.22. The largest absolute Gasteiger partial charge is 0.387 e. The highest BCUT2D eigenvalue weighted by molar-refractivity contribution is 5.29. The van der Waals surface area contributed by atoms with E-state index in [-0.39, 0.29) is 6.54 Å². The summed E-state index contributed by atoms with van der Waals surface area (Å²) in [5.74, 6) is 0.609. The molecule has 3 nitrogen and oxygen atoms in total. The molecule has 1 heterocycles. The first-order chi connectivity index (χ1) is 6.97. The van der Waals surface area contributed by atoms with Crippen LogP contribution < -0.4 is 5.73 Å². The minimum Gasteiger partial charge on any atom is -0.387 e.